The maximum absolute atomic E-state index is 11.6. The van der Waals surface area contributed by atoms with Crippen molar-refractivity contribution in [1.82, 2.24) is 9.47 Å². The third kappa shape index (κ3) is 1.09. The van der Waals surface area contributed by atoms with Crippen molar-refractivity contribution in [3.63, 3.8) is 0 Å². The van der Waals surface area contributed by atoms with Crippen LogP contribution in [0.4, 0.5) is 0 Å². The standard InChI is InChI=1S/C9H10N2O3/c1-10-7(9(13)14)5-11-4-2-3-6(11)8(10)12/h2-4,7H,5H2,1H3,(H,13,14)/t7-/m0/s1. The van der Waals surface area contributed by atoms with Gasteiger partial charge in [-0.3, -0.25) is 4.79 Å². The van der Waals surface area contributed by atoms with Gasteiger partial charge in [0.15, 0.2) is 0 Å². The zero-order chi connectivity index (χ0) is 10.3. The molecule has 0 aromatic carbocycles. The molecule has 0 fully saturated rings. The van der Waals surface area contributed by atoms with Crippen molar-refractivity contribution in [2.24, 2.45) is 0 Å². The first-order valence-corrected chi connectivity index (χ1v) is 4.26. The van der Waals surface area contributed by atoms with Crippen LogP contribution in [0, 0.1) is 0 Å². The highest BCUT2D eigenvalue weighted by atomic mass is 16.4. The fourth-order valence-corrected chi connectivity index (χ4v) is 1.64. The Bertz CT molecular complexity index is 397. The van der Waals surface area contributed by atoms with Gasteiger partial charge in [0.2, 0.25) is 0 Å². The third-order valence-electron chi connectivity index (χ3n) is 2.49. The van der Waals surface area contributed by atoms with Gasteiger partial charge >= 0.3 is 5.97 Å². The van der Waals surface area contributed by atoms with E-state index in [1.807, 2.05) is 0 Å². The number of fused-ring (bicyclic) bond motifs is 1. The molecule has 0 unspecified atom stereocenters. The number of likely N-dealkylation sites (N-methyl/N-ethyl adjacent to an activating group) is 1. The normalized spacial score (nSPS) is 20.8. The fourth-order valence-electron chi connectivity index (χ4n) is 1.64. The van der Waals surface area contributed by atoms with Crippen molar-refractivity contribution in [3.05, 3.63) is 24.0 Å². The highest BCUT2D eigenvalue weighted by Gasteiger charge is 2.33. The number of aliphatic carboxylic acids is 1. The predicted molar refractivity (Wildman–Crippen MR) is 47.9 cm³/mol. The number of hydrogen-bond donors (Lipinski definition) is 1. The number of rotatable bonds is 1. The minimum Gasteiger partial charge on any atom is -0.480 e. The minimum atomic E-state index is -0.972. The molecule has 0 radical (unpaired) electrons. The number of amides is 1. The van der Waals surface area contributed by atoms with Crippen LogP contribution in [0.2, 0.25) is 0 Å². The number of aromatic nitrogens is 1. The summed E-state index contributed by atoms with van der Waals surface area (Å²) in [5, 5.41) is 8.88. The smallest absolute Gasteiger partial charge is 0.328 e. The average Bonchev–Trinajstić information content (AvgIpc) is 2.58. The lowest BCUT2D eigenvalue weighted by Gasteiger charge is -2.30. The van der Waals surface area contributed by atoms with Gasteiger partial charge in [0.25, 0.3) is 5.91 Å². The van der Waals surface area contributed by atoms with E-state index >= 15 is 0 Å². The van der Waals surface area contributed by atoms with Crippen molar-refractivity contribution < 1.29 is 14.7 Å². The summed E-state index contributed by atoms with van der Waals surface area (Å²) in [6.45, 7) is 0.319. The van der Waals surface area contributed by atoms with E-state index in [0.717, 1.165) is 0 Å². The first kappa shape index (κ1) is 8.80. The molecule has 0 bridgehead atoms. The molecular formula is C9H10N2O3. The van der Waals surface area contributed by atoms with Gasteiger partial charge in [-0.15, -0.1) is 0 Å². The van der Waals surface area contributed by atoms with E-state index in [1.165, 1.54) is 11.9 Å². The van der Waals surface area contributed by atoms with Crippen LogP contribution in [-0.4, -0.2) is 39.5 Å². The van der Waals surface area contributed by atoms with Gasteiger partial charge in [0.1, 0.15) is 11.7 Å². The summed E-state index contributed by atoms with van der Waals surface area (Å²) in [4.78, 5) is 23.7. The van der Waals surface area contributed by atoms with Crippen LogP contribution in [-0.2, 0) is 11.3 Å². The first-order valence-electron chi connectivity index (χ1n) is 4.26. The highest BCUT2D eigenvalue weighted by molar-refractivity contribution is 5.96. The minimum absolute atomic E-state index is 0.242. The molecule has 1 aliphatic rings. The Labute approximate surface area is 80.5 Å². The van der Waals surface area contributed by atoms with Gasteiger partial charge < -0.3 is 14.6 Å². The second-order valence-electron chi connectivity index (χ2n) is 3.32. The summed E-state index contributed by atoms with van der Waals surface area (Å²) in [5.41, 5.74) is 0.546. The number of carbonyl (C=O) groups is 2. The SMILES string of the molecule is CN1C(=O)c2cccn2C[C@H]1C(=O)O. The van der Waals surface area contributed by atoms with Crippen LogP contribution in [0.25, 0.3) is 0 Å². The summed E-state index contributed by atoms with van der Waals surface area (Å²) in [5.74, 6) is -1.21. The molecule has 14 heavy (non-hydrogen) atoms. The van der Waals surface area contributed by atoms with Crippen LogP contribution in [0.1, 0.15) is 10.5 Å². The van der Waals surface area contributed by atoms with Gasteiger partial charge in [-0.1, -0.05) is 0 Å². The molecule has 0 aliphatic carbocycles. The zero-order valence-electron chi connectivity index (χ0n) is 7.67. The molecular weight excluding hydrogens is 184 g/mol. The topological polar surface area (TPSA) is 62.5 Å². The molecule has 1 aromatic rings. The first-order chi connectivity index (χ1) is 6.61. The Kier molecular flexibility index (Phi) is 1.80. The van der Waals surface area contributed by atoms with Crippen LogP contribution in [0.3, 0.4) is 0 Å². The lowest BCUT2D eigenvalue weighted by atomic mass is 10.2. The quantitative estimate of drug-likeness (QED) is 0.685. The van der Waals surface area contributed by atoms with Crippen molar-refractivity contribution >= 4 is 11.9 Å². The Morgan fingerprint density at radius 2 is 2.36 bits per heavy atom. The summed E-state index contributed by atoms with van der Waals surface area (Å²) < 4.78 is 1.67. The van der Waals surface area contributed by atoms with E-state index in [2.05, 4.69) is 0 Å². The van der Waals surface area contributed by atoms with Crippen LogP contribution >= 0.6 is 0 Å². The fraction of sp³-hybridized carbons (Fsp3) is 0.333. The second-order valence-corrected chi connectivity index (χ2v) is 3.32. The van der Waals surface area contributed by atoms with Crippen LogP contribution in [0.15, 0.2) is 18.3 Å². The molecule has 1 atom stereocenters. The summed E-state index contributed by atoms with van der Waals surface area (Å²) in [6, 6.07) is 2.67. The molecule has 0 spiro atoms. The molecule has 2 heterocycles. The number of carboxylic acid groups (broad SMARTS) is 1. The lowest BCUT2D eigenvalue weighted by molar-refractivity contribution is -0.142. The maximum Gasteiger partial charge on any atom is 0.328 e. The molecule has 74 valence electrons. The Morgan fingerprint density at radius 3 is 3.00 bits per heavy atom. The van der Waals surface area contributed by atoms with Gasteiger partial charge in [-0.25, -0.2) is 4.79 Å². The van der Waals surface area contributed by atoms with Crippen molar-refractivity contribution in [1.29, 1.82) is 0 Å². The van der Waals surface area contributed by atoms with E-state index in [9.17, 15) is 9.59 Å². The van der Waals surface area contributed by atoms with E-state index in [0.29, 0.717) is 12.2 Å². The van der Waals surface area contributed by atoms with Gasteiger partial charge in [0.05, 0.1) is 6.54 Å². The van der Waals surface area contributed by atoms with Crippen LogP contribution in [0.5, 0.6) is 0 Å². The average molecular weight is 194 g/mol. The second kappa shape index (κ2) is 2.87. The largest absolute Gasteiger partial charge is 0.480 e. The predicted octanol–water partition coefficient (Wildman–Crippen LogP) is 0.0269. The highest BCUT2D eigenvalue weighted by Crippen LogP contribution is 2.16. The Balaban J connectivity index is 2.42. The van der Waals surface area contributed by atoms with Gasteiger partial charge in [-0.2, -0.15) is 0 Å². The number of carboxylic acids is 1. The van der Waals surface area contributed by atoms with Crippen LogP contribution < -0.4 is 0 Å². The Morgan fingerprint density at radius 1 is 1.64 bits per heavy atom. The van der Waals surface area contributed by atoms with E-state index < -0.39 is 12.0 Å². The molecule has 0 saturated carbocycles. The summed E-state index contributed by atoms with van der Waals surface area (Å²) in [7, 11) is 1.51. The molecule has 5 heteroatoms. The van der Waals surface area contributed by atoms with Crippen molar-refractivity contribution in [3.8, 4) is 0 Å². The number of nitrogens with zero attached hydrogens (tertiary/aromatic N) is 2. The molecule has 1 amide bonds. The summed E-state index contributed by atoms with van der Waals surface area (Å²) in [6.07, 6.45) is 1.72. The van der Waals surface area contributed by atoms with E-state index in [-0.39, 0.29) is 5.91 Å². The molecule has 1 N–H and O–H groups in total. The van der Waals surface area contributed by atoms with E-state index in [4.69, 9.17) is 5.11 Å². The molecule has 0 saturated heterocycles. The van der Waals surface area contributed by atoms with E-state index in [1.54, 1.807) is 22.9 Å². The molecule has 1 aliphatic heterocycles. The van der Waals surface area contributed by atoms with Crippen molar-refractivity contribution in [2.75, 3.05) is 7.05 Å². The maximum atomic E-state index is 11.6. The van der Waals surface area contributed by atoms with Crippen molar-refractivity contribution in [2.45, 2.75) is 12.6 Å². The third-order valence-corrected chi connectivity index (χ3v) is 2.49. The molecule has 5 nitrogen and oxygen atoms in total. The number of carbonyl (C=O) groups excluding carboxylic acids is 1. The lowest BCUT2D eigenvalue weighted by Crippen LogP contribution is -2.49. The van der Waals surface area contributed by atoms with Gasteiger partial charge in [0, 0.05) is 13.2 Å². The molecule has 1 aromatic heterocycles. The molecule has 2 rings (SSSR count). The Hall–Kier alpha value is -1.78. The monoisotopic (exact) mass is 194 g/mol. The summed E-state index contributed by atoms with van der Waals surface area (Å²) >= 11 is 0. The number of hydrogen-bond acceptors (Lipinski definition) is 2. The zero-order valence-corrected chi connectivity index (χ0v) is 7.67. The van der Waals surface area contributed by atoms with Gasteiger partial charge in [-0.05, 0) is 12.1 Å².